The van der Waals surface area contributed by atoms with E-state index in [9.17, 15) is 14.7 Å². The summed E-state index contributed by atoms with van der Waals surface area (Å²) in [7, 11) is 0. The molecular formula is C28H27NO4. The van der Waals surface area contributed by atoms with Crippen LogP contribution in [0.15, 0.2) is 78.9 Å². The molecule has 0 spiro atoms. The molecule has 0 aromatic heterocycles. The summed E-state index contributed by atoms with van der Waals surface area (Å²) in [5.74, 6) is -0.747. The number of amides is 1. The summed E-state index contributed by atoms with van der Waals surface area (Å²) in [4.78, 5) is 24.9. The fourth-order valence-electron chi connectivity index (χ4n) is 5.39. The minimum Gasteiger partial charge on any atom is -0.480 e. The van der Waals surface area contributed by atoms with E-state index >= 15 is 0 Å². The maximum absolute atomic E-state index is 12.8. The molecule has 0 aliphatic heterocycles. The molecule has 2 aliphatic carbocycles. The predicted molar refractivity (Wildman–Crippen MR) is 126 cm³/mol. The predicted octanol–water partition coefficient (Wildman–Crippen LogP) is 5.71. The van der Waals surface area contributed by atoms with Crippen LogP contribution in [0.3, 0.4) is 0 Å². The molecule has 33 heavy (non-hydrogen) atoms. The Bertz CT molecular complexity index is 1120. The largest absolute Gasteiger partial charge is 0.480 e. The number of benzene rings is 3. The molecule has 168 valence electrons. The number of carbonyl (C=O) groups excluding carboxylic acids is 1. The first-order chi connectivity index (χ1) is 16.1. The number of aliphatic carboxylic acids is 1. The van der Waals surface area contributed by atoms with E-state index in [2.05, 4.69) is 41.7 Å². The molecule has 5 rings (SSSR count). The third kappa shape index (κ3) is 3.99. The molecule has 3 aromatic rings. The highest BCUT2D eigenvalue weighted by atomic mass is 16.5. The van der Waals surface area contributed by atoms with Gasteiger partial charge in [0.1, 0.15) is 12.1 Å². The summed E-state index contributed by atoms with van der Waals surface area (Å²) < 4.78 is 5.62. The molecule has 0 radical (unpaired) electrons. The quantitative estimate of drug-likeness (QED) is 0.532. The van der Waals surface area contributed by atoms with Crippen molar-refractivity contribution in [3.8, 4) is 11.1 Å². The van der Waals surface area contributed by atoms with Crippen molar-refractivity contribution in [3.05, 3.63) is 95.6 Å². The number of ether oxygens (including phenoxy) is 1. The third-order valence-corrected chi connectivity index (χ3v) is 7.20. The van der Waals surface area contributed by atoms with E-state index in [1.165, 1.54) is 5.56 Å². The first kappa shape index (κ1) is 21.3. The SMILES string of the molecule is O=C(N[C@]1(C(=O)O)CC[C@@H](c2ccccc2)CC1)OCC1c2ccccc2-c2ccccc21. The van der Waals surface area contributed by atoms with Gasteiger partial charge in [-0.2, -0.15) is 0 Å². The van der Waals surface area contributed by atoms with Crippen LogP contribution < -0.4 is 5.32 Å². The van der Waals surface area contributed by atoms with Gasteiger partial charge >= 0.3 is 12.1 Å². The van der Waals surface area contributed by atoms with Crippen molar-refractivity contribution >= 4 is 12.1 Å². The molecule has 2 N–H and O–H groups in total. The second-order valence-corrected chi connectivity index (χ2v) is 9.02. The monoisotopic (exact) mass is 441 g/mol. The molecule has 0 bridgehead atoms. The first-order valence-corrected chi connectivity index (χ1v) is 11.5. The lowest BCUT2D eigenvalue weighted by Gasteiger charge is -2.37. The molecule has 2 aliphatic rings. The Kier molecular flexibility index (Phi) is 5.63. The van der Waals surface area contributed by atoms with Crippen molar-refractivity contribution < 1.29 is 19.4 Å². The minimum absolute atomic E-state index is 0.0576. The van der Waals surface area contributed by atoms with Crippen molar-refractivity contribution in [2.75, 3.05) is 6.61 Å². The van der Waals surface area contributed by atoms with E-state index in [0.29, 0.717) is 31.6 Å². The van der Waals surface area contributed by atoms with Gasteiger partial charge in [-0.05, 0) is 59.4 Å². The van der Waals surface area contributed by atoms with Crippen LogP contribution in [0.2, 0.25) is 0 Å². The number of alkyl carbamates (subject to hydrolysis) is 1. The van der Waals surface area contributed by atoms with Crippen molar-refractivity contribution in [2.24, 2.45) is 0 Å². The number of fused-ring (bicyclic) bond motifs is 3. The molecule has 0 saturated heterocycles. The Labute approximate surface area is 193 Å². The van der Waals surface area contributed by atoms with Crippen LogP contribution in [0.1, 0.15) is 54.2 Å². The Morgan fingerprint density at radius 2 is 1.39 bits per heavy atom. The Morgan fingerprint density at radius 1 is 0.848 bits per heavy atom. The summed E-state index contributed by atoms with van der Waals surface area (Å²) in [5, 5.41) is 12.7. The number of carboxylic acid groups (broad SMARTS) is 1. The lowest BCUT2D eigenvalue weighted by atomic mass is 9.74. The lowest BCUT2D eigenvalue weighted by Crippen LogP contribution is -2.56. The molecular weight excluding hydrogens is 414 g/mol. The Hall–Kier alpha value is -3.60. The van der Waals surface area contributed by atoms with Crippen LogP contribution in [0.5, 0.6) is 0 Å². The second-order valence-electron chi connectivity index (χ2n) is 9.02. The van der Waals surface area contributed by atoms with Crippen molar-refractivity contribution in [1.82, 2.24) is 5.32 Å². The Morgan fingerprint density at radius 3 is 1.97 bits per heavy atom. The normalized spacial score (nSPS) is 21.6. The molecule has 1 fully saturated rings. The van der Waals surface area contributed by atoms with E-state index in [-0.39, 0.29) is 12.5 Å². The summed E-state index contributed by atoms with van der Waals surface area (Å²) in [6.07, 6.45) is 1.51. The lowest BCUT2D eigenvalue weighted by molar-refractivity contribution is -0.146. The zero-order valence-corrected chi connectivity index (χ0v) is 18.4. The van der Waals surface area contributed by atoms with Crippen molar-refractivity contribution in [2.45, 2.75) is 43.1 Å². The number of rotatable bonds is 5. The van der Waals surface area contributed by atoms with Gasteiger partial charge in [0.25, 0.3) is 0 Å². The van der Waals surface area contributed by atoms with E-state index in [0.717, 1.165) is 22.3 Å². The number of carboxylic acids is 1. The molecule has 0 unspecified atom stereocenters. The third-order valence-electron chi connectivity index (χ3n) is 7.20. The standard InChI is InChI=1S/C28H27NO4/c30-26(31)28(16-14-20(15-17-28)19-8-2-1-3-9-19)29-27(32)33-18-25-23-12-6-4-10-21(23)22-11-5-7-13-24(22)25/h1-13,20,25H,14-18H2,(H,29,32)(H,30,31)/t20-,28-. The zero-order valence-electron chi connectivity index (χ0n) is 18.4. The summed E-state index contributed by atoms with van der Waals surface area (Å²) in [5.41, 5.74) is 4.50. The van der Waals surface area contributed by atoms with Gasteiger partial charge in [0, 0.05) is 5.92 Å². The van der Waals surface area contributed by atoms with Crippen LogP contribution in [-0.2, 0) is 9.53 Å². The topological polar surface area (TPSA) is 75.6 Å². The molecule has 0 heterocycles. The average molecular weight is 442 g/mol. The minimum atomic E-state index is -1.28. The highest BCUT2D eigenvalue weighted by molar-refractivity contribution is 5.85. The van der Waals surface area contributed by atoms with Crippen molar-refractivity contribution in [3.63, 3.8) is 0 Å². The summed E-state index contributed by atoms with van der Waals surface area (Å²) >= 11 is 0. The molecule has 5 heteroatoms. The number of hydrogen-bond acceptors (Lipinski definition) is 3. The van der Waals surface area contributed by atoms with Gasteiger partial charge in [-0.25, -0.2) is 9.59 Å². The van der Waals surface area contributed by atoms with E-state index in [1.54, 1.807) is 0 Å². The van der Waals surface area contributed by atoms with Gasteiger partial charge in [0.15, 0.2) is 0 Å². The van der Waals surface area contributed by atoms with Crippen LogP contribution in [0.4, 0.5) is 4.79 Å². The number of hydrogen-bond donors (Lipinski definition) is 2. The molecule has 1 amide bonds. The maximum atomic E-state index is 12.8. The molecule has 5 nitrogen and oxygen atoms in total. The van der Waals surface area contributed by atoms with Crippen LogP contribution in [0.25, 0.3) is 11.1 Å². The fraction of sp³-hybridized carbons (Fsp3) is 0.286. The van der Waals surface area contributed by atoms with Gasteiger partial charge < -0.3 is 15.2 Å². The number of nitrogens with one attached hydrogen (secondary N) is 1. The van der Waals surface area contributed by atoms with Gasteiger partial charge in [0.05, 0.1) is 0 Å². The molecule has 3 aromatic carbocycles. The first-order valence-electron chi connectivity index (χ1n) is 11.5. The highest BCUT2D eigenvalue weighted by Crippen LogP contribution is 2.44. The van der Waals surface area contributed by atoms with Crippen LogP contribution in [0, 0.1) is 0 Å². The van der Waals surface area contributed by atoms with Gasteiger partial charge in [-0.15, -0.1) is 0 Å². The van der Waals surface area contributed by atoms with Crippen molar-refractivity contribution in [1.29, 1.82) is 0 Å². The van der Waals surface area contributed by atoms with Crippen LogP contribution in [-0.4, -0.2) is 29.3 Å². The molecule has 1 saturated carbocycles. The van der Waals surface area contributed by atoms with E-state index < -0.39 is 17.6 Å². The van der Waals surface area contributed by atoms with E-state index in [1.807, 2.05) is 42.5 Å². The summed E-state index contributed by atoms with van der Waals surface area (Å²) in [6, 6.07) is 26.4. The fourth-order valence-corrected chi connectivity index (χ4v) is 5.39. The second kappa shape index (κ2) is 8.74. The average Bonchev–Trinajstić information content (AvgIpc) is 3.17. The van der Waals surface area contributed by atoms with Gasteiger partial charge in [-0.1, -0.05) is 78.9 Å². The van der Waals surface area contributed by atoms with E-state index in [4.69, 9.17) is 4.74 Å². The maximum Gasteiger partial charge on any atom is 0.408 e. The summed E-state index contributed by atoms with van der Waals surface area (Å²) in [6.45, 7) is 0.169. The number of carbonyl (C=O) groups is 2. The van der Waals surface area contributed by atoms with Gasteiger partial charge in [0.2, 0.25) is 0 Å². The highest BCUT2D eigenvalue weighted by Gasteiger charge is 2.44. The van der Waals surface area contributed by atoms with Crippen LogP contribution >= 0.6 is 0 Å². The van der Waals surface area contributed by atoms with Gasteiger partial charge in [-0.3, -0.25) is 0 Å². The Balaban J connectivity index is 1.25. The molecule has 0 atom stereocenters. The smallest absolute Gasteiger partial charge is 0.408 e. The zero-order chi connectivity index (χ0) is 22.8.